The Morgan fingerprint density at radius 3 is 2.95 bits per heavy atom. The van der Waals surface area contributed by atoms with Crippen LogP contribution < -0.4 is 0 Å². The SMILES string of the molecule is Cc1cccc2nc(CCCl)n(C3(C)CCOC3C)c12. The van der Waals surface area contributed by atoms with Gasteiger partial charge < -0.3 is 9.30 Å². The molecule has 2 unspecified atom stereocenters. The first kappa shape index (κ1) is 13.9. The lowest BCUT2D eigenvalue weighted by atomic mass is 9.93. The molecule has 108 valence electrons. The van der Waals surface area contributed by atoms with E-state index < -0.39 is 0 Å². The zero-order valence-electron chi connectivity index (χ0n) is 12.3. The predicted molar refractivity (Wildman–Crippen MR) is 82.6 cm³/mol. The monoisotopic (exact) mass is 292 g/mol. The van der Waals surface area contributed by atoms with Crippen LogP contribution in [0.1, 0.15) is 31.7 Å². The van der Waals surface area contributed by atoms with E-state index in [-0.39, 0.29) is 11.6 Å². The molecule has 0 aliphatic carbocycles. The lowest BCUT2D eigenvalue weighted by Crippen LogP contribution is -2.38. The van der Waals surface area contributed by atoms with Gasteiger partial charge in [-0.3, -0.25) is 0 Å². The number of fused-ring (bicyclic) bond motifs is 1. The highest BCUT2D eigenvalue weighted by Crippen LogP contribution is 2.38. The van der Waals surface area contributed by atoms with Gasteiger partial charge in [0.2, 0.25) is 0 Å². The Labute approximate surface area is 124 Å². The Hall–Kier alpha value is -1.06. The van der Waals surface area contributed by atoms with Crippen LogP contribution in [0.5, 0.6) is 0 Å². The molecule has 1 aliphatic heterocycles. The van der Waals surface area contributed by atoms with E-state index in [1.54, 1.807) is 0 Å². The normalized spacial score (nSPS) is 26.5. The van der Waals surface area contributed by atoms with Gasteiger partial charge in [-0.2, -0.15) is 0 Å². The summed E-state index contributed by atoms with van der Waals surface area (Å²) in [6.07, 6.45) is 2.00. The number of hydrogen-bond acceptors (Lipinski definition) is 2. The number of imidazole rings is 1. The van der Waals surface area contributed by atoms with Crippen molar-refractivity contribution in [1.82, 2.24) is 9.55 Å². The van der Waals surface area contributed by atoms with Crippen LogP contribution in [0, 0.1) is 6.92 Å². The highest BCUT2D eigenvalue weighted by atomic mass is 35.5. The van der Waals surface area contributed by atoms with Crippen molar-refractivity contribution in [3.05, 3.63) is 29.6 Å². The highest BCUT2D eigenvalue weighted by Gasteiger charge is 2.41. The molecule has 0 N–H and O–H groups in total. The van der Waals surface area contributed by atoms with Gasteiger partial charge in [0, 0.05) is 18.9 Å². The van der Waals surface area contributed by atoms with E-state index in [4.69, 9.17) is 21.3 Å². The van der Waals surface area contributed by atoms with Crippen LogP contribution in [0.15, 0.2) is 18.2 Å². The molecule has 0 saturated carbocycles. The number of benzene rings is 1. The lowest BCUT2D eigenvalue weighted by Gasteiger charge is -2.32. The summed E-state index contributed by atoms with van der Waals surface area (Å²) in [6, 6.07) is 6.30. The molecule has 4 heteroatoms. The molecule has 1 saturated heterocycles. The molecule has 3 nitrogen and oxygen atoms in total. The molecular weight excluding hydrogens is 272 g/mol. The smallest absolute Gasteiger partial charge is 0.111 e. The molecule has 2 atom stereocenters. The summed E-state index contributed by atoms with van der Waals surface area (Å²) in [5.41, 5.74) is 3.51. The van der Waals surface area contributed by atoms with E-state index in [0.717, 1.165) is 30.8 Å². The molecule has 20 heavy (non-hydrogen) atoms. The van der Waals surface area contributed by atoms with Gasteiger partial charge in [0.25, 0.3) is 0 Å². The number of rotatable bonds is 3. The summed E-state index contributed by atoms with van der Waals surface area (Å²) >= 11 is 5.98. The second-order valence-corrected chi connectivity index (χ2v) is 6.24. The average molecular weight is 293 g/mol. The lowest BCUT2D eigenvalue weighted by molar-refractivity contribution is 0.0764. The quantitative estimate of drug-likeness (QED) is 0.808. The molecule has 2 aromatic rings. The van der Waals surface area contributed by atoms with Gasteiger partial charge in [-0.15, -0.1) is 11.6 Å². The summed E-state index contributed by atoms with van der Waals surface area (Å²) < 4.78 is 8.22. The largest absolute Gasteiger partial charge is 0.376 e. The van der Waals surface area contributed by atoms with Crippen LogP contribution >= 0.6 is 11.6 Å². The molecule has 0 spiro atoms. The number of ether oxygens (including phenoxy) is 1. The maximum Gasteiger partial charge on any atom is 0.111 e. The Bertz CT molecular complexity index is 637. The maximum absolute atomic E-state index is 5.98. The molecule has 1 aliphatic rings. The number of nitrogens with zero attached hydrogens (tertiary/aromatic N) is 2. The minimum atomic E-state index is -0.0394. The fraction of sp³-hybridized carbons (Fsp3) is 0.562. The summed E-state index contributed by atoms with van der Waals surface area (Å²) in [4.78, 5) is 4.81. The number of alkyl halides is 1. The molecule has 0 radical (unpaired) electrons. The van der Waals surface area contributed by atoms with E-state index in [9.17, 15) is 0 Å². The molecular formula is C16H21ClN2O. The van der Waals surface area contributed by atoms with Crippen LogP contribution in [0.25, 0.3) is 11.0 Å². The summed E-state index contributed by atoms with van der Waals surface area (Å²) in [6.45, 7) is 7.38. The first-order valence-corrected chi connectivity index (χ1v) is 7.76. The van der Waals surface area contributed by atoms with E-state index in [1.807, 2.05) is 0 Å². The fourth-order valence-corrected chi connectivity index (χ4v) is 3.43. The molecule has 0 bridgehead atoms. The minimum absolute atomic E-state index is 0.0394. The van der Waals surface area contributed by atoms with E-state index in [2.05, 4.69) is 43.5 Å². The van der Waals surface area contributed by atoms with Crippen molar-refractivity contribution < 1.29 is 4.74 Å². The Morgan fingerprint density at radius 2 is 2.30 bits per heavy atom. The molecule has 2 heterocycles. The molecule has 1 aromatic carbocycles. The predicted octanol–water partition coefficient (Wildman–Crippen LogP) is 3.65. The Morgan fingerprint density at radius 1 is 1.50 bits per heavy atom. The van der Waals surface area contributed by atoms with Gasteiger partial charge >= 0.3 is 0 Å². The summed E-state index contributed by atoms with van der Waals surface area (Å²) in [5, 5.41) is 0. The third-order valence-corrected chi connectivity index (χ3v) is 4.82. The second-order valence-electron chi connectivity index (χ2n) is 5.87. The third-order valence-electron chi connectivity index (χ3n) is 4.63. The zero-order valence-corrected chi connectivity index (χ0v) is 13.1. The molecule has 1 aromatic heterocycles. The molecule has 0 amide bonds. The maximum atomic E-state index is 5.98. The zero-order chi connectivity index (χ0) is 14.3. The fourth-order valence-electron chi connectivity index (χ4n) is 3.26. The van der Waals surface area contributed by atoms with Gasteiger partial charge in [0.15, 0.2) is 0 Å². The third kappa shape index (κ3) is 1.95. The van der Waals surface area contributed by atoms with Crippen molar-refractivity contribution in [1.29, 1.82) is 0 Å². The number of halogens is 1. The summed E-state index contributed by atoms with van der Waals surface area (Å²) in [5.74, 6) is 1.66. The number of para-hydroxylation sites is 1. The molecule has 1 fully saturated rings. The van der Waals surface area contributed by atoms with Crippen molar-refractivity contribution in [2.75, 3.05) is 12.5 Å². The van der Waals surface area contributed by atoms with Gasteiger partial charge in [0.05, 0.1) is 22.7 Å². The van der Waals surface area contributed by atoms with Gasteiger partial charge in [-0.05, 0) is 38.8 Å². The Kier molecular flexibility index (Phi) is 3.51. The van der Waals surface area contributed by atoms with Crippen LogP contribution in [0.2, 0.25) is 0 Å². The second kappa shape index (κ2) is 5.05. The van der Waals surface area contributed by atoms with Crippen molar-refractivity contribution in [2.24, 2.45) is 0 Å². The Balaban J connectivity index is 2.28. The summed E-state index contributed by atoms with van der Waals surface area (Å²) in [7, 11) is 0. The van der Waals surface area contributed by atoms with Gasteiger partial charge in [-0.1, -0.05) is 12.1 Å². The van der Waals surface area contributed by atoms with E-state index in [1.165, 1.54) is 11.1 Å². The van der Waals surface area contributed by atoms with Gasteiger partial charge in [-0.25, -0.2) is 4.98 Å². The first-order chi connectivity index (χ1) is 9.58. The van der Waals surface area contributed by atoms with E-state index >= 15 is 0 Å². The van der Waals surface area contributed by atoms with Crippen LogP contribution in [0.3, 0.4) is 0 Å². The minimum Gasteiger partial charge on any atom is -0.376 e. The number of aryl methyl sites for hydroxylation is 2. The van der Waals surface area contributed by atoms with Crippen molar-refractivity contribution in [2.45, 2.75) is 45.3 Å². The van der Waals surface area contributed by atoms with Crippen LogP contribution in [-0.4, -0.2) is 28.1 Å². The molecule has 3 rings (SSSR count). The first-order valence-electron chi connectivity index (χ1n) is 7.23. The van der Waals surface area contributed by atoms with Crippen LogP contribution in [-0.2, 0) is 16.7 Å². The number of aromatic nitrogens is 2. The topological polar surface area (TPSA) is 27.1 Å². The van der Waals surface area contributed by atoms with Crippen LogP contribution in [0.4, 0.5) is 0 Å². The van der Waals surface area contributed by atoms with E-state index in [0.29, 0.717) is 5.88 Å². The standard InChI is InChI=1S/C16H21ClN2O/c1-11-5-4-6-13-15(11)19(14(18-13)7-9-17)16(3)8-10-20-12(16)2/h4-6,12H,7-10H2,1-3H3. The van der Waals surface area contributed by atoms with Crippen molar-refractivity contribution >= 4 is 22.6 Å². The number of hydrogen-bond donors (Lipinski definition) is 0. The van der Waals surface area contributed by atoms with Crippen molar-refractivity contribution in [3.8, 4) is 0 Å². The average Bonchev–Trinajstić information content (AvgIpc) is 2.93. The highest BCUT2D eigenvalue weighted by molar-refractivity contribution is 6.17. The van der Waals surface area contributed by atoms with Crippen molar-refractivity contribution in [3.63, 3.8) is 0 Å². The van der Waals surface area contributed by atoms with Gasteiger partial charge in [0.1, 0.15) is 5.82 Å².